The van der Waals surface area contributed by atoms with E-state index in [0.717, 1.165) is 53.7 Å². The lowest BCUT2D eigenvalue weighted by Gasteiger charge is -2.26. The fraction of sp³-hybridized carbons (Fsp3) is 0.444. The van der Waals surface area contributed by atoms with Crippen LogP contribution in [0.5, 0.6) is 0 Å². The summed E-state index contributed by atoms with van der Waals surface area (Å²) in [5, 5.41) is 0. The molecule has 0 aromatic carbocycles. The minimum absolute atomic E-state index is 0.00517. The van der Waals surface area contributed by atoms with Gasteiger partial charge in [-0.25, -0.2) is 0 Å². The van der Waals surface area contributed by atoms with Crippen molar-refractivity contribution in [2.24, 2.45) is 0 Å². The number of hydrogen-bond acceptors (Lipinski definition) is 5. The molecule has 0 saturated carbocycles. The molecule has 2 saturated heterocycles. The van der Waals surface area contributed by atoms with Crippen LogP contribution in [0.3, 0.4) is 0 Å². The first-order chi connectivity index (χ1) is 12.2. The van der Waals surface area contributed by atoms with Crippen molar-refractivity contribution in [2.45, 2.75) is 18.9 Å². The summed E-state index contributed by atoms with van der Waals surface area (Å²) < 4.78 is 5.04. The summed E-state index contributed by atoms with van der Waals surface area (Å²) in [7, 11) is 0. The predicted molar refractivity (Wildman–Crippen MR) is 99.3 cm³/mol. The number of nitrogens with zero attached hydrogens (tertiary/aromatic N) is 2. The van der Waals surface area contributed by atoms with Gasteiger partial charge in [-0.1, -0.05) is 0 Å². The lowest BCUT2D eigenvalue weighted by molar-refractivity contribution is 0.0736. The average molecular weight is 377 g/mol. The molecule has 0 spiro atoms. The number of thiophene rings is 1. The van der Waals surface area contributed by atoms with Crippen molar-refractivity contribution in [3.8, 4) is 0 Å². The van der Waals surface area contributed by atoms with Gasteiger partial charge in [-0.3, -0.25) is 9.59 Å². The maximum atomic E-state index is 12.7. The van der Waals surface area contributed by atoms with Gasteiger partial charge in [0, 0.05) is 36.0 Å². The molecular weight excluding hydrogens is 356 g/mol. The molecule has 2 fully saturated rings. The number of thioether (sulfide) groups is 1. The fourth-order valence-corrected chi connectivity index (χ4v) is 5.45. The van der Waals surface area contributed by atoms with E-state index in [4.69, 9.17) is 4.42 Å². The lowest BCUT2D eigenvalue weighted by atomic mass is 10.1. The molecule has 5 nitrogen and oxygen atoms in total. The minimum Gasteiger partial charge on any atom is -0.472 e. The molecule has 2 aliphatic heterocycles. The molecule has 7 heteroatoms. The number of hydrogen-bond donors (Lipinski definition) is 0. The predicted octanol–water partition coefficient (Wildman–Crippen LogP) is 3.51. The zero-order valence-electron chi connectivity index (χ0n) is 13.8. The highest BCUT2D eigenvalue weighted by atomic mass is 32.2. The highest BCUT2D eigenvalue weighted by molar-refractivity contribution is 7.99. The Labute approximate surface area is 155 Å². The summed E-state index contributed by atoms with van der Waals surface area (Å²) in [6, 6.07) is 5.70. The van der Waals surface area contributed by atoms with Crippen molar-refractivity contribution in [3.05, 3.63) is 46.0 Å². The Hall–Kier alpha value is -1.73. The van der Waals surface area contributed by atoms with Crippen LogP contribution in [0.15, 0.2) is 35.1 Å². The Bertz CT molecular complexity index is 750. The summed E-state index contributed by atoms with van der Waals surface area (Å²) in [6.07, 6.45) is 4.95. The first-order valence-electron chi connectivity index (χ1n) is 8.54. The van der Waals surface area contributed by atoms with Crippen molar-refractivity contribution in [1.29, 1.82) is 0 Å². The fourth-order valence-electron chi connectivity index (χ4n) is 3.43. The highest BCUT2D eigenvalue weighted by Crippen LogP contribution is 2.37. The Kier molecular flexibility index (Phi) is 4.85. The maximum Gasteiger partial charge on any atom is 0.263 e. The third-order valence-corrected chi connectivity index (χ3v) is 6.86. The summed E-state index contributed by atoms with van der Waals surface area (Å²) in [5.41, 5.74) is 0.588. The molecule has 2 amide bonds. The van der Waals surface area contributed by atoms with Crippen molar-refractivity contribution in [2.75, 3.05) is 31.1 Å². The first-order valence-corrected chi connectivity index (χ1v) is 10.5. The number of rotatable bonds is 3. The van der Waals surface area contributed by atoms with Gasteiger partial charge in [0.05, 0.1) is 22.7 Å². The SMILES string of the molecule is O=C(c1ccc([C@@H]2CCCN2C(=O)c2ccoc2)s1)N1CCSCC1. The first kappa shape index (κ1) is 16.7. The van der Waals surface area contributed by atoms with Crippen LogP contribution in [0.2, 0.25) is 0 Å². The van der Waals surface area contributed by atoms with Gasteiger partial charge in [0.2, 0.25) is 0 Å². The normalized spacial score (nSPS) is 20.9. The second-order valence-corrected chi connectivity index (χ2v) is 8.62. The molecule has 0 bridgehead atoms. The van der Waals surface area contributed by atoms with Gasteiger partial charge in [0.1, 0.15) is 6.26 Å². The zero-order valence-corrected chi connectivity index (χ0v) is 15.5. The second kappa shape index (κ2) is 7.25. The van der Waals surface area contributed by atoms with E-state index in [-0.39, 0.29) is 17.9 Å². The second-order valence-electron chi connectivity index (χ2n) is 6.28. The average Bonchev–Trinajstić information content (AvgIpc) is 3.42. The van der Waals surface area contributed by atoms with E-state index in [1.807, 2.05) is 33.7 Å². The van der Waals surface area contributed by atoms with Gasteiger partial charge in [0.15, 0.2) is 0 Å². The third kappa shape index (κ3) is 3.35. The summed E-state index contributed by atoms with van der Waals surface area (Å²) in [4.78, 5) is 31.1. The van der Waals surface area contributed by atoms with Gasteiger partial charge < -0.3 is 14.2 Å². The van der Waals surface area contributed by atoms with Gasteiger partial charge in [-0.2, -0.15) is 11.8 Å². The van der Waals surface area contributed by atoms with Crippen LogP contribution in [-0.2, 0) is 0 Å². The number of amides is 2. The third-order valence-electron chi connectivity index (χ3n) is 4.75. The van der Waals surface area contributed by atoms with Crippen molar-refractivity contribution < 1.29 is 14.0 Å². The van der Waals surface area contributed by atoms with Crippen LogP contribution < -0.4 is 0 Å². The maximum absolute atomic E-state index is 12.7. The van der Waals surface area contributed by atoms with Crippen LogP contribution in [0.25, 0.3) is 0 Å². The molecule has 4 rings (SSSR count). The Balaban J connectivity index is 1.50. The monoisotopic (exact) mass is 376 g/mol. The largest absolute Gasteiger partial charge is 0.472 e. The molecule has 0 radical (unpaired) electrons. The van der Waals surface area contributed by atoms with E-state index in [1.165, 1.54) is 23.9 Å². The quantitative estimate of drug-likeness (QED) is 0.823. The van der Waals surface area contributed by atoms with Gasteiger partial charge in [0.25, 0.3) is 11.8 Å². The van der Waals surface area contributed by atoms with Crippen molar-refractivity contribution >= 4 is 34.9 Å². The molecule has 132 valence electrons. The molecule has 0 aliphatic carbocycles. The number of carbonyl (C=O) groups excluding carboxylic acids is 2. The molecular formula is C18H20N2O3S2. The van der Waals surface area contributed by atoms with E-state index < -0.39 is 0 Å². The Morgan fingerprint density at radius 2 is 1.92 bits per heavy atom. The number of furan rings is 1. The zero-order chi connectivity index (χ0) is 17.2. The smallest absolute Gasteiger partial charge is 0.263 e. The molecule has 2 aromatic rings. The van der Waals surface area contributed by atoms with Crippen LogP contribution in [0.1, 0.15) is 43.8 Å². The van der Waals surface area contributed by atoms with Gasteiger partial charge in [-0.15, -0.1) is 11.3 Å². The van der Waals surface area contributed by atoms with Crippen LogP contribution in [0.4, 0.5) is 0 Å². The van der Waals surface area contributed by atoms with Crippen LogP contribution in [0, 0.1) is 0 Å². The highest BCUT2D eigenvalue weighted by Gasteiger charge is 2.32. The molecule has 2 aliphatic rings. The number of carbonyl (C=O) groups is 2. The minimum atomic E-state index is 0.00517. The van der Waals surface area contributed by atoms with E-state index in [9.17, 15) is 9.59 Å². The molecule has 25 heavy (non-hydrogen) atoms. The molecule has 0 unspecified atom stereocenters. The standard InChI is InChI=1S/C18H20N2O3S2/c21-17(13-5-9-23-12-13)20-6-1-2-14(20)15-3-4-16(25-15)18(22)19-7-10-24-11-8-19/h3-5,9,12,14H,1-2,6-8,10-11H2/t14-/m0/s1. The van der Waals surface area contributed by atoms with Gasteiger partial charge in [-0.05, 0) is 31.0 Å². The van der Waals surface area contributed by atoms with Crippen LogP contribution in [-0.4, -0.2) is 52.8 Å². The Morgan fingerprint density at radius 3 is 2.68 bits per heavy atom. The summed E-state index contributed by atoms with van der Waals surface area (Å²) in [6.45, 7) is 2.40. The summed E-state index contributed by atoms with van der Waals surface area (Å²) in [5.74, 6) is 2.16. The van der Waals surface area contributed by atoms with Crippen molar-refractivity contribution in [1.82, 2.24) is 9.80 Å². The number of likely N-dealkylation sites (tertiary alicyclic amines) is 1. The van der Waals surface area contributed by atoms with E-state index >= 15 is 0 Å². The molecule has 1 atom stereocenters. The Morgan fingerprint density at radius 1 is 1.08 bits per heavy atom. The van der Waals surface area contributed by atoms with Crippen LogP contribution >= 0.6 is 23.1 Å². The van der Waals surface area contributed by atoms with E-state index in [2.05, 4.69) is 0 Å². The van der Waals surface area contributed by atoms with Gasteiger partial charge >= 0.3 is 0 Å². The topological polar surface area (TPSA) is 53.8 Å². The molecule has 4 heterocycles. The lowest BCUT2D eigenvalue weighted by Crippen LogP contribution is -2.37. The molecule has 0 N–H and O–H groups in total. The van der Waals surface area contributed by atoms with E-state index in [1.54, 1.807) is 6.07 Å². The van der Waals surface area contributed by atoms with Crippen molar-refractivity contribution in [3.63, 3.8) is 0 Å². The summed E-state index contributed by atoms with van der Waals surface area (Å²) >= 11 is 3.43. The van der Waals surface area contributed by atoms with E-state index in [0.29, 0.717) is 5.56 Å². The molecule has 2 aromatic heterocycles.